The van der Waals surface area contributed by atoms with Crippen LogP contribution in [0.1, 0.15) is 47.5 Å². The average molecular weight is 384 g/mol. The van der Waals surface area contributed by atoms with Gasteiger partial charge in [-0.2, -0.15) is 0 Å². The van der Waals surface area contributed by atoms with Crippen molar-refractivity contribution in [3.05, 3.63) is 64.7 Å². The molecular weight excluding hydrogens is 363 g/mol. The van der Waals surface area contributed by atoms with Gasteiger partial charge in [-0.05, 0) is 56.2 Å². The number of aliphatic hydroxyl groups is 2. The quantitative estimate of drug-likeness (QED) is 0.703. The van der Waals surface area contributed by atoms with Gasteiger partial charge >= 0.3 is 0 Å². The van der Waals surface area contributed by atoms with E-state index in [1.54, 1.807) is 24.3 Å². The summed E-state index contributed by atoms with van der Waals surface area (Å²) in [6.07, 6.45) is -0.541. The molecule has 28 heavy (non-hydrogen) atoms. The Kier molecular flexibility index (Phi) is 4.48. The van der Waals surface area contributed by atoms with E-state index in [2.05, 4.69) is 0 Å². The molecule has 3 aromatic rings. The Labute approximate surface area is 161 Å². The fourth-order valence-corrected chi connectivity index (χ4v) is 3.75. The molecule has 1 atom stereocenters. The Morgan fingerprint density at radius 3 is 2.75 bits per heavy atom. The topological polar surface area (TPSA) is 79.9 Å². The van der Waals surface area contributed by atoms with Gasteiger partial charge in [-0.1, -0.05) is 0 Å². The summed E-state index contributed by atoms with van der Waals surface area (Å²) in [5.41, 5.74) is 1.49. The highest BCUT2D eigenvalue weighted by molar-refractivity contribution is 6.19. The number of ether oxygens (including phenoxy) is 1. The van der Waals surface area contributed by atoms with Crippen LogP contribution in [0.4, 0.5) is 4.39 Å². The van der Waals surface area contributed by atoms with Crippen LogP contribution < -0.4 is 4.74 Å². The number of hydrogen-bond acceptors (Lipinski definition) is 5. The molecular formula is C22H21FO5. The van der Waals surface area contributed by atoms with E-state index in [0.29, 0.717) is 33.6 Å². The summed E-state index contributed by atoms with van der Waals surface area (Å²) in [7, 11) is 0. The number of halogens is 1. The summed E-state index contributed by atoms with van der Waals surface area (Å²) < 4.78 is 25.2. The van der Waals surface area contributed by atoms with Gasteiger partial charge in [-0.3, -0.25) is 4.79 Å². The van der Waals surface area contributed by atoms with Crippen molar-refractivity contribution in [1.82, 2.24) is 0 Å². The normalized spacial score (nSPS) is 16.0. The fraction of sp³-hybridized carbons (Fsp3) is 0.318. The first-order valence-electron chi connectivity index (χ1n) is 9.16. The van der Waals surface area contributed by atoms with E-state index in [4.69, 9.17) is 14.3 Å². The summed E-state index contributed by atoms with van der Waals surface area (Å²) in [4.78, 5) is 13.2. The van der Waals surface area contributed by atoms with Crippen LogP contribution in [-0.2, 0) is 5.41 Å². The minimum Gasteiger partial charge on any atom is -0.491 e. The highest BCUT2D eigenvalue weighted by Crippen LogP contribution is 2.46. The van der Waals surface area contributed by atoms with Gasteiger partial charge in [0.2, 0.25) is 0 Å². The van der Waals surface area contributed by atoms with Crippen molar-refractivity contribution in [1.29, 1.82) is 0 Å². The summed E-state index contributed by atoms with van der Waals surface area (Å²) >= 11 is 0. The molecule has 0 bridgehead atoms. The number of fused-ring (bicyclic) bond motifs is 4. The standard InChI is InChI=1S/C22H21FO5/c1-22(2)17-10-14(27-11-13(25)7-8-24)4-6-15(17)20(26)19-16-5-3-12(23)9-18(16)28-21(19)22/h3-6,9-10,13,24-25H,7-8,11H2,1-2H3/t13-/m0/s1. The molecule has 0 fully saturated rings. The van der Waals surface area contributed by atoms with E-state index < -0.39 is 17.3 Å². The molecule has 146 valence electrons. The number of benzene rings is 2. The zero-order chi connectivity index (χ0) is 20.1. The smallest absolute Gasteiger partial charge is 0.197 e. The molecule has 0 saturated heterocycles. The van der Waals surface area contributed by atoms with Crippen molar-refractivity contribution in [2.45, 2.75) is 31.8 Å². The molecule has 0 unspecified atom stereocenters. The minimum atomic E-state index is -0.771. The first-order chi connectivity index (χ1) is 13.3. The first kappa shape index (κ1) is 18.7. The van der Waals surface area contributed by atoms with E-state index >= 15 is 0 Å². The third-order valence-electron chi connectivity index (χ3n) is 5.26. The Morgan fingerprint density at radius 2 is 2.00 bits per heavy atom. The number of carbonyl (C=O) groups excluding carboxylic acids is 1. The van der Waals surface area contributed by atoms with Gasteiger partial charge < -0.3 is 19.4 Å². The van der Waals surface area contributed by atoms with E-state index in [0.717, 1.165) is 5.56 Å². The molecule has 1 aliphatic carbocycles. The number of rotatable bonds is 5. The van der Waals surface area contributed by atoms with Gasteiger partial charge in [-0.15, -0.1) is 0 Å². The number of hydrogen-bond donors (Lipinski definition) is 2. The average Bonchev–Trinajstić information content (AvgIpc) is 3.04. The van der Waals surface area contributed by atoms with Gasteiger partial charge in [0, 0.05) is 29.0 Å². The number of carbonyl (C=O) groups is 1. The highest BCUT2D eigenvalue weighted by Gasteiger charge is 2.41. The van der Waals surface area contributed by atoms with E-state index in [1.807, 2.05) is 13.8 Å². The Hall–Kier alpha value is -2.70. The number of ketones is 1. The third-order valence-corrected chi connectivity index (χ3v) is 5.26. The molecule has 5 nitrogen and oxygen atoms in total. The molecule has 2 aromatic carbocycles. The Balaban J connectivity index is 1.77. The van der Waals surface area contributed by atoms with Crippen molar-refractivity contribution in [3.63, 3.8) is 0 Å². The van der Waals surface area contributed by atoms with Crippen molar-refractivity contribution in [2.24, 2.45) is 0 Å². The van der Waals surface area contributed by atoms with Crippen LogP contribution in [0.5, 0.6) is 5.75 Å². The van der Waals surface area contributed by atoms with Crippen LogP contribution in [0.15, 0.2) is 40.8 Å². The van der Waals surface area contributed by atoms with E-state index in [-0.39, 0.29) is 25.4 Å². The summed E-state index contributed by atoms with van der Waals surface area (Å²) in [5, 5.41) is 19.2. The second kappa shape index (κ2) is 6.72. The molecule has 0 radical (unpaired) electrons. The minimum absolute atomic E-state index is 0.0445. The Morgan fingerprint density at radius 1 is 1.21 bits per heavy atom. The second-order valence-electron chi connectivity index (χ2n) is 7.59. The van der Waals surface area contributed by atoms with Crippen LogP contribution >= 0.6 is 0 Å². The highest BCUT2D eigenvalue weighted by atomic mass is 19.1. The second-order valence-corrected chi connectivity index (χ2v) is 7.59. The predicted molar refractivity (Wildman–Crippen MR) is 101 cm³/mol. The van der Waals surface area contributed by atoms with Gasteiger partial charge in [0.05, 0.1) is 11.7 Å². The van der Waals surface area contributed by atoms with E-state index in [1.165, 1.54) is 12.1 Å². The van der Waals surface area contributed by atoms with Crippen molar-refractivity contribution < 1.29 is 28.6 Å². The molecule has 6 heteroatoms. The lowest BCUT2D eigenvalue weighted by atomic mass is 9.72. The monoisotopic (exact) mass is 384 g/mol. The first-order valence-corrected chi connectivity index (χ1v) is 9.16. The van der Waals surface area contributed by atoms with E-state index in [9.17, 15) is 14.3 Å². The summed E-state index contributed by atoms with van der Waals surface area (Å²) in [5.74, 6) is 0.435. The molecule has 0 amide bonds. The van der Waals surface area contributed by atoms with Gasteiger partial charge in [0.25, 0.3) is 0 Å². The maximum atomic E-state index is 13.6. The molecule has 0 spiro atoms. The maximum absolute atomic E-state index is 13.6. The number of furan rings is 1. The Bertz CT molecular complexity index is 1070. The van der Waals surface area contributed by atoms with Crippen LogP contribution in [0.25, 0.3) is 11.0 Å². The zero-order valence-electron chi connectivity index (χ0n) is 15.7. The maximum Gasteiger partial charge on any atom is 0.197 e. The van der Waals surface area contributed by atoms with Crippen molar-refractivity contribution >= 4 is 16.8 Å². The molecule has 0 saturated carbocycles. The lowest BCUT2D eigenvalue weighted by Gasteiger charge is -2.31. The molecule has 2 N–H and O–H groups in total. The molecule has 1 aliphatic rings. The lowest BCUT2D eigenvalue weighted by Crippen LogP contribution is -2.29. The SMILES string of the molecule is CC1(C)c2cc(OC[C@@H](O)CCO)ccc2C(=O)c2c1oc1cc(F)ccc21. The summed E-state index contributed by atoms with van der Waals surface area (Å²) in [6.45, 7) is 3.81. The molecule has 4 rings (SSSR count). The van der Waals surface area contributed by atoms with Crippen LogP contribution in [0, 0.1) is 5.82 Å². The zero-order valence-corrected chi connectivity index (χ0v) is 15.7. The van der Waals surface area contributed by atoms with Crippen molar-refractivity contribution in [3.8, 4) is 5.75 Å². The van der Waals surface area contributed by atoms with Crippen LogP contribution in [0.3, 0.4) is 0 Å². The predicted octanol–water partition coefficient (Wildman–Crippen LogP) is 3.56. The van der Waals surface area contributed by atoms with Gasteiger partial charge in [-0.25, -0.2) is 4.39 Å². The number of aliphatic hydroxyl groups excluding tert-OH is 2. The largest absolute Gasteiger partial charge is 0.491 e. The lowest BCUT2D eigenvalue weighted by molar-refractivity contribution is 0.0820. The fourth-order valence-electron chi connectivity index (χ4n) is 3.75. The van der Waals surface area contributed by atoms with Gasteiger partial charge in [0.15, 0.2) is 5.78 Å². The van der Waals surface area contributed by atoms with Crippen LogP contribution in [0.2, 0.25) is 0 Å². The summed E-state index contributed by atoms with van der Waals surface area (Å²) in [6, 6.07) is 9.35. The molecule has 0 aliphatic heterocycles. The molecule has 1 heterocycles. The van der Waals surface area contributed by atoms with Crippen LogP contribution in [-0.4, -0.2) is 35.3 Å². The van der Waals surface area contributed by atoms with Gasteiger partial charge in [0.1, 0.15) is 29.5 Å². The third kappa shape index (κ3) is 2.89. The van der Waals surface area contributed by atoms with Crippen molar-refractivity contribution in [2.75, 3.05) is 13.2 Å². The molecule has 1 aromatic heterocycles.